The number of nitrogens with two attached hydrogens (primary N) is 1. The van der Waals surface area contributed by atoms with Gasteiger partial charge in [0.2, 0.25) is 5.91 Å². The van der Waals surface area contributed by atoms with Crippen molar-refractivity contribution < 1.29 is 19.1 Å². The van der Waals surface area contributed by atoms with Gasteiger partial charge in [-0.2, -0.15) is 0 Å². The number of anilines is 2. The molecular weight excluding hydrogens is 408 g/mol. The van der Waals surface area contributed by atoms with Gasteiger partial charge >= 0.3 is 0 Å². The van der Waals surface area contributed by atoms with Gasteiger partial charge in [0, 0.05) is 37.3 Å². The van der Waals surface area contributed by atoms with Crippen LogP contribution in [0.2, 0.25) is 0 Å². The Bertz CT molecular complexity index is 911. The largest absolute Gasteiger partial charge is 0.476 e. The summed E-state index contributed by atoms with van der Waals surface area (Å²) < 4.78 is 6.00. The van der Waals surface area contributed by atoms with Crippen molar-refractivity contribution in [3.8, 4) is 5.75 Å². The van der Waals surface area contributed by atoms with Crippen molar-refractivity contribution in [3.63, 3.8) is 0 Å². The van der Waals surface area contributed by atoms with Crippen LogP contribution in [0.5, 0.6) is 5.75 Å². The second kappa shape index (κ2) is 8.83. The van der Waals surface area contributed by atoms with E-state index in [4.69, 9.17) is 10.5 Å². The zero-order chi connectivity index (χ0) is 23.0. The molecule has 4 rings (SSSR count). The summed E-state index contributed by atoms with van der Waals surface area (Å²) in [6.07, 6.45) is 3.17. The highest BCUT2D eigenvalue weighted by atomic mass is 16.5. The number of nitrogens with zero attached hydrogens (tertiary/aromatic N) is 2. The zero-order valence-corrected chi connectivity index (χ0v) is 19.2. The molecule has 0 spiro atoms. The molecular formula is C24H34N4O4. The maximum atomic E-state index is 13.6. The Morgan fingerprint density at radius 2 is 1.97 bits per heavy atom. The van der Waals surface area contributed by atoms with E-state index in [1.807, 2.05) is 23.1 Å². The number of hydrogen-bond acceptors (Lipinski definition) is 6. The number of carbonyl (C=O) groups is 3. The SMILES string of the molecule is CC(=O)C1CNCC(C(=O)N(c2ccc3c(c2)N(CCCN)C(=O)C(C)(C)O3)C2CC2)C1. The number of piperidine rings is 1. The molecule has 1 aliphatic carbocycles. The van der Waals surface area contributed by atoms with E-state index in [1.54, 1.807) is 25.7 Å². The third-order valence-electron chi connectivity index (χ3n) is 6.65. The highest BCUT2D eigenvalue weighted by Crippen LogP contribution is 2.43. The number of benzene rings is 1. The molecule has 2 aliphatic heterocycles. The lowest BCUT2D eigenvalue weighted by atomic mass is 9.87. The van der Waals surface area contributed by atoms with Crippen molar-refractivity contribution in [1.29, 1.82) is 0 Å². The Hall–Kier alpha value is -2.45. The summed E-state index contributed by atoms with van der Waals surface area (Å²) in [4.78, 5) is 42.2. The van der Waals surface area contributed by atoms with Crippen molar-refractivity contribution in [1.82, 2.24) is 5.32 Å². The number of carbonyl (C=O) groups excluding carboxylic acids is 3. The number of hydrogen-bond donors (Lipinski definition) is 2. The lowest BCUT2D eigenvalue weighted by Crippen LogP contribution is -2.53. The molecule has 0 bridgehead atoms. The van der Waals surface area contributed by atoms with Crippen LogP contribution in [0.3, 0.4) is 0 Å². The molecule has 174 valence electrons. The van der Waals surface area contributed by atoms with E-state index < -0.39 is 5.60 Å². The summed E-state index contributed by atoms with van der Waals surface area (Å²) in [5.41, 5.74) is 6.21. The van der Waals surface area contributed by atoms with Crippen LogP contribution in [0.1, 0.15) is 46.5 Å². The second-order valence-electron chi connectivity index (χ2n) is 9.70. The third-order valence-corrected chi connectivity index (χ3v) is 6.65. The highest BCUT2D eigenvalue weighted by molar-refractivity contribution is 6.04. The molecule has 0 radical (unpaired) electrons. The summed E-state index contributed by atoms with van der Waals surface area (Å²) >= 11 is 0. The molecule has 3 N–H and O–H groups in total. The summed E-state index contributed by atoms with van der Waals surface area (Å²) in [7, 11) is 0. The molecule has 0 aromatic heterocycles. The Balaban J connectivity index is 1.64. The first-order valence-corrected chi connectivity index (χ1v) is 11.6. The first-order chi connectivity index (χ1) is 15.2. The maximum absolute atomic E-state index is 13.6. The van der Waals surface area contributed by atoms with Gasteiger partial charge in [-0.3, -0.25) is 14.4 Å². The monoisotopic (exact) mass is 442 g/mol. The molecule has 2 atom stereocenters. The smallest absolute Gasteiger partial charge is 0.270 e. The van der Waals surface area contributed by atoms with E-state index >= 15 is 0 Å². The summed E-state index contributed by atoms with van der Waals surface area (Å²) in [5, 5.41) is 3.25. The predicted octanol–water partition coefficient (Wildman–Crippen LogP) is 1.85. The maximum Gasteiger partial charge on any atom is 0.270 e. The van der Waals surface area contributed by atoms with Gasteiger partial charge in [-0.05, 0) is 71.2 Å². The van der Waals surface area contributed by atoms with E-state index in [0.29, 0.717) is 50.5 Å². The second-order valence-corrected chi connectivity index (χ2v) is 9.70. The highest BCUT2D eigenvalue weighted by Gasteiger charge is 2.43. The zero-order valence-electron chi connectivity index (χ0n) is 19.2. The fourth-order valence-corrected chi connectivity index (χ4v) is 4.66. The molecule has 8 heteroatoms. The quantitative estimate of drug-likeness (QED) is 0.668. The Morgan fingerprint density at radius 3 is 2.62 bits per heavy atom. The number of fused-ring (bicyclic) bond motifs is 1. The molecule has 8 nitrogen and oxygen atoms in total. The fraction of sp³-hybridized carbons (Fsp3) is 0.625. The lowest BCUT2D eigenvalue weighted by Gasteiger charge is -2.39. The number of ether oxygens (including phenoxy) is 1. The molecule has 2 fully saturated rings. The molecule has 32 heavy (non-hydrogen) atoms. The van der Waals surface area contributed by atoms with E-state index in [2.05, 4.69) is 5.32 Å². The van der Waals surface area contributed by atoms with Gasteiger partial charge in [0.1, 0.15) is 11.5 Å². The molecule has 1 saturated carbocycles. The van der Waals surface area contributed by atoms with Gasteiger partial charge < -0.3 is 25.6 Å². The Labute approximate surface area is 189 Å². The summed E-state index contributed by atoms with van der Waals surface area (Å²) in [6, 6.07) is 5.82. The number of rotatable bonds is 7. The molecule has 2 unspecified atom stereocenters. The lowest BCUT2D eigenvalue weighted by molar-refractivity contribution is -0.132. The predicted molar refractivity (Wildman–Crippen MR) is 123 cm³/mol. The van der Waals surface area contributed by atoms with Crippen LogP contribution in [0.4, 0.5) is 11.4 Å². The number of amides is 2. The van der Waals surface area contributed by atoms with Crippen LogP contribution in [-0.2, 0) is 14.4 Å². The third kappa shape index (κ3) is 4.38. The van der Waals surface area contributed by atoms with Gasteiger partial charge in [-0.25, -0.2) is 0 Å². The summed E-state index contributed by atoms with van der Waals surface area (Å²) in [6.45, 7) is 7.32. The van der Waals surface area contributed by atoms with E-state index in [0.717, 1.165) is 18.5 Å². The molecule has 1 saturated heterocycles. The van der Waals surface area contributed by atoms with E-state index in [-0.39, 0.29) is 35.5 Å². The van der Waals surface area contributed by atoms with Gasteiger partial charge in [0.25, 0.3) is 5.91 Å². The van der Waals surface area contributed by atoms with Crippen LogP contribution in [0, 0.1) is 11.8 Å². The van der Waals surface area contributed by atoms with Crippen LogP contribution in [-0.4, -0.2) is 55.4 Å². The number of nitrogens with one attached hydrogen (secondary N) is 1. The Morgan fingerprint density at radius 1 is 1.25 bits per heavy atom. The molecule has 3 aliphatic rings. The van der Waals surface area contributed by atoms with Crippen molar-refractivity contribution in [2.75, 3.05) is 36.0 Å². The van der Waals surface area contributed by atoms with Gasteiger partial charge in [-0.1, -0.05) is 0 Å². The average Bonchev–Trinajstić information content (AvgIpc) is 3.59. The standard InChI is InChI=1S/C24H34N4O4/c1-15(29)16-11-17(14-26-13-16)22(30)28(18-5-6-18)19-7-8-21-20(12-19)27(10-4-9-25)23(31)24(2,3)32-21/h7-8,12,16-18,26H,4-6,9-11,13-14,25H2,1-3H3. The minimum absolute atomic E-state index is 0.0443. The van der Waals surface area contributed by atoms with Gasteiger partial charge in [0.05, 0.1) is 11.6 Å². The average molecular weight is 443 g/mol. The van der Waals surface area contributed by atoms with Crippen molar-refractivity contribution in [2.45, 2.75) is 58.1 Å². The topological polar surface area (TPSA) is 105 Å². The van der Waals surface area contributed by atoms with Gasteiger partial charge in [0.15, 0.2) is 5.60 Å². The number of ketones is 1. The van der Waals surface area contributed by atoms with Gasteiger partial charge in [-0.15, -0.1) is 0 Å². The van der Waals surface area contributed by atoms with E-state index in [9.17, 15) is 14.4 Å². The van der Waals surface area contributed by atoms with E-state index in [1.165, 1.54) is 0 Å². The van der Waals surface area contributed by atoms with Crippen LogP contribution in [0.25, 0.3) is 0 Å². The Kier molecular flexibility index (Phi) is 6.27. The van der Waals surface area contributed by atoms with Crippen LogP contribution >= 0.6 is 0 Å². The van der Waals surface area contributed by atoms with Crippen LogP contribution < -0.4 is 25.6 Å². The van der Waals surface area contributed by atoms with Crippen molar-refractivity contribution in [3.05, 3.63) is 18.2 Å². The minimum Gasteiger partial charge on any atom is -0.476 e. The summed E-state index contributed by atoms with van der Waals surface area (Å²) in [5.74, 6) is 0.329. The van der Waals surface area contributed by atoms with Crippen molar-refractivity contribution in [2.24, 2.45) is 17.6 Å². The minimum atomic E-state index is -0.954. The number of Topliss-reactive ketones (excluding diaryl/α,β-unsaturated/α-hetero) is 1. The molecule has 1 aromatic rings. The van der Waals surface area contributed by atoms with Crippen LogP contribution in [0.15, 0.2) is 18.2 Å². The fourth-order valence-electron chi connectivity index (χ4n) is 4.66. The van der Waals surface area contributed by atoms with Crippen molar-refractivity contribution >= 4 is 29.0 Å². The molecule has 2 heterocycles. The normalized spacial score (nSPS) is 24.5. The molecule has 2 amide bonds. The molecule has 1 aromatic carbocycles. The first-order valence-electron chi connectivity index (χ1n) is 11.6. The first kappa shape index (κ1) is 22.7.